The fraction of sp³-hybridized carbons (Fsp3) is 0.467. The predicted molar refractivity (Wildman–Crippen MR) is 73.9 cm³/mol. The number of aromatic nitrogens is 1. The van der Waals surface area contributed by atoms with Crippen LogP contribution in [0.2, 0.25) is 0 Å². The fourth-order valence-electron chi connectivity index (χ4n) is 2.31. The summed E-state index contributed by atoms with van der Waals surface area (Å²) in [7, 11) is 1.75. The quantitative estimate of drug-likeness (QED) is 0.776. The highest BCUT2D eigenvalue weighted by Crippen LogP contribution is 2.27. The molecule has 2 N–H and O–H groups in total. The van der Waals surface area contributed by atoms with Gasteiger partial charge in [0.15, 0.2) is 0 Å². The first kappa shape index (κ1) is 14.5. The van der Waals surface area contributed by atoms with E-state index in [2.05, 4.69) is 16.8 Å². The van der Waals surface area contributed by atoms with Crippen LogP contribution < -0.4 is 0 Å². The van der Waals surface area contributed by atoms with Gasteiger partial charge in [-0.1, -0.05) is 11.8 Å². The molecule has 1 aliphatic rings. The summed E-state index contributed by atoms with van der Waals surface area (Å²) in [6.07, 6.45) is 4.39. The third kappa shape index (κ3) is 3.56. The lowest BCUT2D eigenvalue weighted by Crippen LogP contribution is -2.39. The Bertz CT molecular complexity index is 542. The highest BCUT2D eigenvalue weighted by atomic mass is 16.3. The molecule has 5 nitrogen and oxygen atoms in total. The van der Waals surface area contributed by atoms with Crippen molar-refractivity contribution < 1.29 is 15.0 Å². The summed E-state index contributed by atoms with van der Waals surface area (Å²) in [4.78, 5) is 17.9. The molecule has 1 amide bonds. The molecule has 0 aliphatic heterocycles. The number of pyridine rings is 1. The van der Waals surface area contributed by atoms with Crippen molar-refractivity contribution in [2.24, 2.45) is 5.92 Å². The predicted octanol–water partition coefficient (Wildman–Crippen LogP) is 0.268. The molecule has 1 aromatic rings. The molecular formula is C15H18N2O3. The molecule has 1 fully saturated rings. The number of hydrogen-bond donors (Lipinski definition) is 2. The van der Waals surface area contributed by atoms with Gasteiger partial charge in [-0.05, 0) is 24.8 Å². The average molecular weight is 274 g/mol. The summed E-state index contributed by atoms with van der Waals surface area (Å²) in [6.45, 7) is 0.421. The zero-order valence-corrected chi connectivity index (χ0v) is 11.4. The van der Waals surface area contributed by atoms with E-state index < -0.39 is 0 Å². The van der Waals surface area contributed by atoms with Crippen molar-refractivity contribution in [3.63, 3.8) is 0 Å². The Balaban J connectivity index is 2.00. The first-order chi connectivity index (χ1) is 9.60. The van der Waals surface area contributed by atoms with Gasteiger partial charge in [0.1, 0.15) is 6.61 Å². The lowest BCUT2D eigenvalue weighted by atomic mass is 9.82. The molecule has 1 aromatic heterocycles. The van der Waals surface area contributed by atoms with Gasteiger partial charge in [-0.2, -0.15) is 0 Å². The zero-order chi connectivity index (χ0) is 14.5. The van der Waals surface area contributed by atoms with Gasteiger partial charge in [-0.15, -0.1) is 0 Å². The molecule has 0 atom stereocenters. The van der Waals surface area contributed by atoms with Crippen molar-refractivity contribution in [2.45, 2.75) is 18.9 Å². The highest BCUT2D eigenvalue weighted by molar-refractivity contribution is 5.94. The van der Waals surface area contributed by atoms with E-state index in [1.54, 1.807) is 24.2 Å². The molecule has 0 spiro atoms. The maximum atomic E-state index is 12.3. The number of nitrogens with zero attached hydrogens (tertiary/aromatic N) is 2. The van der Waals surface area contributed by atoms with Crippen molar-refractivity contribution in [3.8, 4) is 11.8 Å². The van der Waals surface area contributed by atoms with Crippen molar-refractivity contribution in [1.82, 2.24) is 9.88 Å². The Morgan fingerprint density at radius 2 is 2.25 bits per heavy atom. The van der Waals surface area contributed by atoms with E-state index in [0.717, 1.165) is 12.8 Å². The van der Waals surface area contributed by atoms with Crippen LogP contribution in [0.15, 0.2) is 18.5 Å². The Hall–Kier alpha value is -1.90. The van der Waals surface area contributed by atoms with Gasteiger partial charge < -0.3 is 15.1 Å². The molecule has 0 bridgehead atoms. The van der Waals surface area contributed by atoms with Gasteiger partial charge in [0, 0.05) is 31.5 Å². The zero-order valence-electron chi connectivity index (χ0n) is 11.4. The molecule has 0 saturated heterocycles. The van der Waals surface area contributed by atoms with E-state index in [9.17, 15) is 9.90 Å². The van der Waals surface area contributed by atoms with Crippen LogP contribution >= 0.6 is 0 Å². The van der Waals surface area contributed by atoms with Gasteiger partial charge >= 0.3 is 0 Å². The van der Waals surface area contributed by atoms with Gasteiger partial charge in [0.25, 0.3) is 5.91 Å². The molecule has 1 saturated carbocycles. The second kappa shape index (κ2) is 6.51. The largest absolute Gasteiger partial charge is 0.393 e. The summed E-state index contributed by atoms with van der Waals surface area (Å²) in [5.74, 6) is 5.53. The Morgan fingerprint density at radius 3 is 2.90 bits per heavy atom. The van der Waals surface area contributed by atoms with Gasteiger partial charge in [0.2, 0.25) is 0 Å². The van der Waals surface area contributed by atoms with Gasteiger partial charge in [-0.25, -0.2) is 0 Å². The second-order valence-corrected chi connectivity index (χ2v) is 5.10. The number of carbonyl (C=O) groups is 1. The van der Waals surface area contributed by atoms with Crippen LogP contribution in [0, 0.1) is 17.8 Å². The molecule has 1 aliphatic carbocycles. The molecule has 1 heterocycles. The number of aliphatic hydroxyl groups excluding tert-OH is 2. The SMILES string of the molecule is CN(CC1CC(O)C1)C(=O)c1cncc(C#CCO)c1. The molecule has 0 unspecified atom stereocenters. The van der Waals surface area contributed by atoms with E-state index in [1.165, 1.54) is 6.20 Å². The summed E-state index contributed by atoms with van der Waals surface area (Å²) in [6, 6.07) is 1.67. The number of carbonyl (C=O) groups excluding carboxylic acids is 1. The smallest absolute Gasteiger partial charge is 0.255 e. The lowest BCUT2D eigenvalue weighted by molar-refractivity contribution is 0.0265. The summed E-state index contributed by atoms with van der Waals surface area (Å²) in [5, 5.41) is 17.9. The van der Waals surface area contributed by atoms with Crippen molar-refractivity contribution >= 4 is 5.91 Å². The van der Waals surface area contributed by atoms with Crippen molar-refractivity contribution in [2.75, 3.05) is 20.2 Å². The summed E-state index contributed by atoms with van der Waals surface area (Å²) >= 11 is 0. The van der Waals surface area contributed by atoms with E-state index in [4.69, 9.17) is 5.11 Å². The monoisotopic (exact) mass is 274 g/mol. The average Bonchev–Trinajstić information content (AvgIpc) is 2.42. The van der Waals surface area contributed by atoms with Crippen LogP contribution in [-0.4, -0.2) is 52.3 Å². The Kier molecular flexibility index (Phi) is 4.72. The molecule has 20 heavy (non-hydrogen) atoms. The van der Waals surface area contributed by atoms with E-state index in [-0.39, 0.29) is 18.6 Å². The van der Waals surface area contributed by atoms with Gasteiger partial charge in [0.05, 0.1) is 11.7 Å². The minimum Gasteiger partial charge on any atom is -0.393 e. The van der Waals surface area contributed by atoms with Crippen molar-refractivity contribution in [3.05, 3.63) is 29.6 Å². The first-order valence-corrected chi connectivity index (χ1v) is 6.58. The van der Waals surface area contributed by atoms with Crippen LogP contribution in [0.5, 0.6) is 0 Å². The van der Waals surface area contributed by atoms with Crippen LogP contribution in [-0.2, 0) is 0 Å². The maximum absolute atomic E-state index is 12.3. The number of amides is 1. The fourth-order valence-corrected chi connectivity index (χ4v) is 2.31. The van der Waals surface area contributed by atoms with Crippen LogP contribution in [0.25, 0.3) is 0 Å². The number of rotatable bonds is 3. The van der Waals surface area contributed by atoms with E-state index in [0.29, 0.717) is 23.6 Å². The third-order valence-corrected chi connectivity index (χ3v) is 3.39. The highest BCUT2D eigenvalue weighted by Gasteiger charge is 2.29. The minimum absolute atomic E-state index is 0.105. The number of hydrogen-bond acceptors (Lipinski definition) is 4. The molecule has 2 rings (SSSR count). The standard InChI is InChI=1S/C15H18N2O3/c1-17(10-12-6-14(19)7-12)15(20)13-5-11(3-2-4-18)8-16-9-13/h5,8-9,12,14,18-19H,4,6-7,10H2,1H3. The molecule has 5 heteroatoms. The summed E-state index contributed by atoms with van der Waals surface area (Å²) < 4.78 is 0. The van der Waals surface area contributed by atoms with E-state index in [1.807, 2.05) is 0 Å². The second-order valence-electron chi connectivity index (χ2n) is 5.10. The van der Waals surface area contributed by atoms with Crippen LogP contribution in [0.1, 0.15) is 28.8 Å². The topological polar surface area (TPSA) is 73.7 Å². The normalized spacial score (nSPS) is 20.6. The molecule has 106 valence electrons. The minimum atomic E-state index is -0.220. The molecule has 0 radical (unpaired) electrons. The van der Waals surface area contributed by atoms with Crippen LogP contribution in [0.3, 0.4) is 0 Å². The molecule has 0 aromatic carbocycles. The van der Waals surface area contributed by atoms with Crippen molar-refractivity contribution in [1.29, 1.82) is 0 Å². The maximum Gasteiger partial charge on any atom is 0.255 e. The third-order valence-electron chi connectivity index (χ3n) is 3.39. The lowest BCUT2D eigenvalue weighted by Gasteiger charge is -2.34. The Morgan fingerprint density at radius 1 is 1.50 bits per heavy atom. The van der Waals surface area contributed by atoms with Crippen LogP contribution in [0.4, 0.5) is 0 Å². The van der Waals surface area contributed by atoms with E-state index >= 15 is 0 Å². The van der Waals surface area contributed by atoms with Gasteiger partial charge in [-0.3, -0.25) is 9.78 Å². The molecular weight excluding hydrogens is 256 g/mol. The number of aliphatic hydroxyl groups is 2. The summed E-state index contributed by atoms with van der Waals surface area (Å²) in [5.41, 5.74) is 1.09. The first-order valence-electron chi connectivity index (χ1n) is 6.58. The Labute approximate surface area is 118 Å².